The molecule has 0 aromatic carbocycles. The summed E-state index contributed by atoms with van der Waals surface area (Å²) in [7, 11) is 0. The summed E-state index contributed by atoms with van der Waals surface area (Å²) in [6.45, 7) is 10.9. The van der Waals surface area contributed by atoms with Gasteiger partial charge in [-0.15, -0.1) is 0 Å². The number of pyridine rings is 2. The van der Waals surface area contributed by atoms with Crippen LogP contribution in [0.1, 0.15) is 24.6 Å². The van der Waals surface area contributed by atoms with Crippen LogP contribution in [0, 0.1) is 6.92 Å². The van der Waals surface area contributed by atoms with E-state index in [0.717, 1.165) is 48.9 Å². The Hall–Kier alpha value is -2.56. The summed E-state index contributed by atoms with van der Waals surface area (Å²) in [6.07, 6.45) is 6.38. The fraction of sp³-hybridized carbons (Fsp3) is 0.368. The molecule has 2 rings (SSSR count). The van der Waals surface area contributed by atoms with Gasteiger partial charge in [-0.05, 0) is 49.4 Å². The van der Waals surface area contributed by atoms with Crippen LogP contribution in [0.4, 0.5) is 5.82 Å². The minimum absolute atomic E-state index is 0.507. The Bertz CT molecular complexity index is 645. The van der Waals surface area contributed by atoms with E-state index in [4.69, 9.17) is 4.74 Å². The van der Waals surface area contributed by atoms with E-state index < -0.39 is 0 Å². The largest absolute Gasteiger partial charge is 0.485 e. The lowest BCUT2D eigenvalue weighted by Crippen LogP contribution is -2.32. The number of rotatable bonds is 10. The molecule has 0 spiro atoms. The summed E-state index contributed by atoms with van der Waals surface area (Å²) in [6, 6.07) is 7.89. The monoisotopic (exact) mass is 326 g/mol. The molecule has 5 heteroatoms. The third-order valence-corrected chi connectivity index (χ3v) is 3.57. The number of anilines is 1. The van der Waals surface area contributed by atoms with Crippen molar-refractivity contribution in [3.8, 4) is 5.75 Å². The molecule has 128 valence electrons. The van der Waals surface area contributed by atoms with Crippen molar-refractivity contribution in [2.75, 3.05) is 24.5 Å². The Morgan fingerprint density at radius 2 is 2.12 bits per heavy atom. The van der Waals surface area contributed by atoms with E-state index in [-0.39, 0.29) is 0 Å². The van der Waals surface area contributed by atoms with Gasteiger partial charge in [-0.1, -0.05) is 13.5 Å². The lowest BCUT2D eigenvalue weighted by Gasteiger charge is -2.25. The molecule has 1 N–H and O–H groups in total. The Balaban J connectivity index is 2.10. The topological polar surface area (TPSA) is 50.3 Å². The summed E-state index contributed by atoms with van der Waals surface area (Å²) in [4.78, 5) is 11.0. The molecule has 0 saturated carbocycles. The first-order valence-electron chi connectivity index (χ1n) is 8.33. The number of nitrogens with zero attached hydrogens (tertiary/aromatic N) is 3. The molecule has 0 fully saturated rings. The van der Waals surface area contributed by atoms with Gasteiger partial charge in [-0.25, -0.2) is 4.98 Å². The number of aromatic nitrogens is 2. The maximum Gasteiger partial charge on any atom is 0.171 e. The quantitative estimate of drug-likeness (QED) is 0.679. The van der Waals surface area contributed by atoms with Crippen LogP contribution in [0.3, 0.4) is 0 Å². The highest BCUT2D eigenvalue weighted by Crippen LogP contribution is 2.26. The van der Waals surface area contributed by atoms with Crippen molar-refractivity contribution < 1.29 is 4.74 Å². The van der Waals surface area contributed by atoms with Crippen LogP contribution in [0.15, 0.2) is 49.4 Å². The maximum atomic E-state index is 6.04. The fourth-order valence-corrected chi connectivity index (χ4v) is 2.48. The van der Waals surface area contributed by atoms with Gasteiger partial charge in [0.25, 0.3) is 0 Å². The summed E-state index contributed by atoms with van der Waals surface area (Å²) >= 11 is 0. The van der Waals surface area contributed by atoms with E-state index in [0.29, 0.717) is 6.61 Å². The van der Waals surface area contributed by atoms with Crippen molar-refractivity contribution in [2.24, 2.45) is 0 Å². The predicted octanol–water partition coefficient (Wildman–Crippen LogP) is 3.31. The minimum Gasteiger partial charge on any atom is -0.485 e. The molecule has 2 aromatic heterocycles. The summed E-state index contributed by atoms with van der Waals surface area (Å²) in [5.74, 6) is 1.69. The Kier molecular flexibility index (Phi) is 7.08. The van der Waals surface area contributed by atoms with Gasteiger partial charge < -0.3 is 15.0 Å². The molecule has 0 amide bonds. The number of aryl methyl sites for hydroxylation is 1. The van der Waals surface area contributed by atoms with Crippen molar-refractivity contribution in [3.63, 3.8) is 0 Å². The third kappa shape index (κ3) is 5.26. The summed E-state index contributed by atoms with van der Waals surface area (Å²) in [5, 5.41) is 3.14. The zero-order valence-corrected chi connectivity index (χ0v) is 14.5. The molecule has 0 bridgehead atoms. The molecule has 5 nitrogen and oxygen atoms in total. The van der Waals surface area contributed by atoms with Crippen molar-refractivity contribution in [1.29, 1.82) is 0 Å². The molecule has 0 aliphatic rings. The molecule has 0 atom stereocenters. The van der Waals surface area contributed by atoms with Gasteiger partial charge in [0.15, 0.2) is 11.6 Å². The molecule has 0 radical (unpaired) electrons. The van der Waals surface area contributed by atoms with Gasteiger partial charge in [0.1, 0.15) is 6.61 Å². The molecule has 0 aliphatic carbocycles. The van der Waals surface area contributed by atoms with Gasteiger partial charge in [-0.2, -0.15) is 0 Å². The van der Waals surface area contributed by atoms with Crippen LogP contribution in [-0.2, 0) is 6.61 Å². The first-order chi connectivity index (χ1) is 11.7. The highest BCUT2D eigenvalue weighted by atomic mass is 16.5. The molecule has 2 heterocycles. The van der Waals surface area contributed by atoms with Crippen LogP contribution in [0.2, 0.25) is 0 Å². The van der Waals surface area contributed by atoms with Crippen LogP contribution in [0.5, 0.6) is 5.75 Å². The number of hydrogen-bond donors (Lipinski definition) is 1. The Morgan fingerprint density at radius 3 is 2.88 bits per heavy atom. The van der Waals surface area contributed by atoms with E-state index in [1.807, 2.05) is 43.6 Å². The van der Waals surface area contributed by atoms with E-state index in [1.165, 1.54) is 0 Å². The highest BCUT2D eigenvalue weighted by Gasteiger charge is 2.13. The molecule has 24 heavy (non-hydrogen) atoms. The fourth-order valence-electron chi connectivity index (χ4n) is 2.48. The smallest absolute Gasteiger partial charge is 0.171 e. The highest BCUT2D eigenvalue weighted by molar-refractivity contribution is 5.52. The first-order valence-corrected chi connectivity index (χ1v) is 8.33. The normalized spacial score (nSPS) is 10.2. The second-order valence-corrected chi connectivity index (χ2v) is 5.56. The van der Waals surface area contributed by atoms with Crippen LogP contribution in [-0.4, -0.2) is 29.6 Å². The molecule has 0 unspecified atom stereocenters. The SMILES string of the molecule is C=CNCCN(CCC)c1ncccc1OCc1ccnc(C)c1. The van der Waals surface area contributed by atoms with Crippen LogP contribution >= 0.6 is 0 Å². The minimum atomic E-state index is 0.507. The standard InChI is InChI=1S/C19H26N4O/c1-4-12-23(13-11-20-5-2)19-18(7-6-9-22-19)24-15-17-8-10-21-16(3)14-17/h5-10,14,20H,2,4,11-13,15H2,1,3H3. The number of hydrogen-bond acceptors (Lipinski definition) is 5. The predicted molar refractivity (Wildman–Crippen MR) is 98.2 cm³/mol. The first kappa shape index (κ1) is 17.8. The van der Waals surface area contributed by atoms with E-state index >= 15 is 0 Å². The average Bonchev–Trinajstić information content (AvgIpc) is 2.60. The second-order valence-electron chi connectivity index (χ2n) is 5.56. The molecular formula is C19H26N4O. The van der Waals surface area contributed by atoms with Gasteiger partial charge in [0.2, 0.25) is 0 Å². The van der Waals surface area contributed by atoms with E-state index in [2.05, 4.69) is 33.7 Å². The lowest BCUT2D eigenvalue weighted by atomic mass is 10.2. The van der Waals surface area contributed by atoms with Crippen LogP contribution < -0.4 is 15.0 Å². The zero-order chi connectivity index (χ0) is 17.2. The third-order valence-electron chi connectivity index (χ3n) is 3.57. The second kappa shape index (κ2) is 9.55. The summed E-state index contributed by atoms with van der Waals surface area (Å²) < 4.78 is 6.04. The van der Waals surface area contributed by atoms with Crippen molar-refractivity contribution in [3.05, 3.63) is 60.7 Å². The van der Waals surface area contributed by atoms with E-state index in [9.17, 15) is 0 Å². The molecule has 0 saturated heterocycles. The van der Waals surface area contributed by atoms with Crippen LogP contribution in [0.25, 0.3) is 0 Å². The Morgan fingerprint density at radius 1 is 1.25 bits per heavy atom. The van der Waals surface area contributed by atoms with Crippen molar-refractivity contribution >= 4 is 5.82 Å². The Labute approximate surface area is 144 Å². The molecule has 0 aliphatic heterocycles. The average molecular weight is 326 g/mol. The van der Waals surface area contributed by atoms with Gasteiger partial charge in [0, 0.05) is 37.7 Å². The van der Waals surface area contributed by atoms with Crippen molar-refractivity contribution in [2.45, 2.75) is 26.9 Å². The van der Waals surface area contributed by atoms with Gasteiger partial charge in [-0.3, -0.25) is 4.98 Å². The number of nitrogens with one attached hydrogen (secondary N) is 1. The van der Waals surface area contributed by atoms with E-state index in [1.54, 1.807) is 6.20 Å². The zero-order valence-electron chi connectivity index (χ0n) is 14.5. The molecular weight excluding hydrogens is 300 g/mol. The van der Waals surface area contributed by atoms with Crippen molar-refractivity contribution in [1.82, 2.24) is 15.3 Å². The van der Waals surface area contributed by atoms with Gasteiger partial charge >= 0.3 is 0 Å². The lowest BCUT2D eigenvalue weighted by molar-refractivity contribution is 0.305. The van der Waals surface area contributed by atoms with Gasteiger partial charge in [0.05, 0.1) is 0 Å². The number of ether oxygens (including phenoxy) is 1. The summed E-state index contributed by atoms with van der Waals surface area (Å²) in [5.41, 5.74) is 2.10. The molecule has 2 aromatic rings. The maximum absolute atomic E-state index is 6.04.